The van der Waals surface area contributed by atoms with E-state index in [0.717, 1.165) is 22.6 Å². The van der Waals surface area contributed by atoms with Gasteiger partial charge in [-0.3, -0.25) is 0 Å². The van der Waals surface area contributed by atoms with Crippen LogP contribution in [0.4, 0.5) is 10.5 Å². The first-order valence-electron chi connectivity index (χ1n) is 8.11. The zero-order chi connectivity index (χ0) is 17.8. The Bertz CT molecular complexity index is 766. The fourth-order valence-electron chi connectivity index (χ4n) is 2.96. The van der Waals surface area contributed by atoms with E-state index in [1.54, 1.807) is 26.0 Å². The maximum atomic E-state index is 12.8. The monoisotopic (exact) mass is 358 g/mol. The van der Waals surface area contributed by atoms with Gasteiger partial charge in [-0.15, -0.1) is 11.8 Å². The van der Waals surface area contributed by atoms with Gasteiger partial charge in [-0.25, -0.2) is 4.79 Å². The SMILES string of the molecule is COc1cccc(C2SCCN2C(=O)Nc2cccc(C)c2)c1OC. The second kappa shape index (κ2) is 7.70. The van der Waals surface area contributed by atoms with Crippen molar-refractivity contribution in [2.24, 2.45) is 0 Å². The van der Waals surface area contributed by atoms with E-state index in [4.69, 9.17) is 9.47 Å². The fourth-order valence-corrected chi connectivity index (χ4v) is 4.23. The van der Waals surface area contributed by atoms with E-state index in [1.165, 1.54) is 0 Å². The highest BCUT2D eigenvalue weighted by Crippen LogP contribution is 2.45. The summed E-state index contributed by atoms with van der Waals surface area (Å²) in [6.45, 7) is 2.69. The Labute approximate surface area is 152 Å². The molecule has 0 saturated carbocycles. The Morgan fingerprint density at radius 1 is 1.20 bits per heavy atom. The molecule has 0 aliphatic carbocycles. The number of nitrogens with zero attached hydrogens (tertiary/aromatic N) is 1. The lowest BCUT2D eigenvalue weighted by atomic mass is 10.1. The Balaban J connectivity index is 1.84. The van der Waals surface area contributed by atoms with Crippen molar-refractivity contribution < 1.29 is 14.3 Å². The van der Waals surface area contributed by atoms with E-state index in [2.05, 4.69) is 5.32 Å². The van der Waals surface area contributed by atoms with Crippen LogP contribution in [0.2, 0.25) is 0 Å². The number of rotatable bonds is 4. The van der Waals surface area contributed by atoms with Crippen molar-refractivity contribution in [1.82, 2.24) is 4.90 Å². The van der Waals surface area contributed by atoms with Crippen molar-refractivity contribution in [2.75, 3.05) is 31.8 Å². The number of hydrogen-bond acceptors (Lipinski definition) is 4. The minimum absolute atomic E-state index is 0.102. The summed E-state index contributed by atoms with van der Waals surface area (Å²) in [4.78, 5) is 14.6. The summed E-state index contributed by atoms with van der Waals surface area (Å²) in [5.74, 6) is 2.23. The zero-order valence-corrected chi connectivity index (χ0v) is 15.4. The quantitative estimate of drug-likeness (QED) is 0.886. The highest BCUT2D eigenvalue weighted by atomic mass is 32.2. The van der Waals surface area contributed by atoms with E-state index in [1.807, 2.05) is 54.3 Å². The first kappa shape index (κ1) is 17.5. The van der Waals surface area contributed by atoms with Crippen LogP contribution in [0.5, 0.6) is 11.5 Å². The molecule has 1 heterocycles. The molecule has 25 heavy (non-hydrogen) atoms. The number of hydrogen-bond donors (Lipinski definition) is 1. The van der Waals surface area contributed by atoms with Crippen LogP contribution in [-0.2, 0) is 0 Å². The Morgan fingerprint density at radius 2 is 2.00 bits per heavy atom. The van der Waals surface area contributed by atoms with Crippen LogP contribution in [-0.4, -0.2) is 37.4 Å². The van der Waals surface area contributed by atoms with Crippen molar-refractivity contribution in [3.63, 3.8) is 0 Å². The van der Waals surface area contributed by atoms with Crippen LogP contribution < -0.4 is 14.8 Å². The number of benzene rings is 2. The van der Waals surface area contributed by atoms with Crippen molar-refractivity contribution in [3.05, 3.63) is 53.6 Å². The molecular formula is C19H22N2O3S. The summed E-state index contributed by atoms with van der Waals surface area (Å²) >= 11 is 1.72. The smallest absolute Gasteiger partial charge is 0.323 e. The third-order valence-corrected chi connectivity index (χ3v) is 5.36. The fraction of sp³-hybridized carbons (Fsp3) is 0.316. The normalized spacial score (nSPS) is 16.6. The molecule has 0 radical (unpaired) electrons. The largest absolute Gasteiger partial charge is 0.493 e. The van der Waals surface area contributed by atoms with Gasteiger partial charge >= 0.3 is 6.03 Å². The Kier molecular flexibility index (Phi) is 5.38. The van der Waals surface area contributed by atoms with Crippen LogP contribution in [0.25, 0.3) is 0 Å². The molecular weight excluding hydrogens is 336 g/mol. The summed E-state index contributed by atoms with van der Waals surface area (Å²) in [6, 6.07) is 13.5. The van der Waals surface area contributed by atoms with Crippen LogP contribution in [0.3, 0.4) is 0 Å². The van der Waals surface area contributed by atoms with Gasteiger partial charge in [0, 0.05) is 23.5 Å². The molecule has 1 aliphatic rings. The lowest BCUT2D eigenvalue weighted by Crippen LogP contribution is -2.34. The molecule has 1 atom stereocenters. The van der Waals surface area contributed by atoms with Crippen LogP contribution >= 0.6 is 11.8 Å². The number of thioether (sulfide) groups is 1. The predicted octanol–water partition coefficient (Wildman–Crippen LogP) is 4.29. The number of anilines is 1. The Hall–Kier alpha value is -2.34. The highest BCUT2D eigenvalue weighted by Gasteiger charge is 2.33. The second-order valence-corrected chi connectivity index (χ2v) is 6.99. The number of aryl methyl sites for hydroxylation is 1. The summed E-state index contributed by atoms with van der Waals surface area (Å²) < 4.78 is 10.9. The summed E-state index contributed by atoms with van der Waals surface area (Å²) in [5.41, 5.74) is 2.86. The van der Waals surface area contributed by atoms with Crippen molar-refractivity contribution in [3.8, 4) is 11.5 Å². The molecule has 0 aromatic heterocycles. The average molecular weight is 358 g/mol. The topological polar surface area (TPSA) is 50.8 Å². The first-order chi connectivity index (χ1) is 12.1. The molecule has 2 aromatic rings. The first-order valence-corrected chi connectivity index (χ1v) is 9.15. The van der Waals surface area contributed by atoms with Gasteiger partial charge in [0.2, 0.25) is 0 Å². The second-order valence-electron chi connectivity index (χ2n) is 5.80. The minimum Gasteiger partial charge on any atom is -0.493 e. The maximum Gasteiger partial charge on any atom is 0.323 e. The molecule has 5 nitrogen and oxygen atoms in total. The van der Waals surface area contributed by atoms with Gasteiger partial charge < -0.3 is 19.7 Å². The van der Waals surface area contributed by atoms with Crippen LogP contribution in [0, 0.1) is 6.92 Å². The average Bonchev–Trinajstić information content (AvgIpc) is 3.10. The highest BCUT2D eigenvalue weighted by molar-refractivity contribution is 7.99. The van der Waals surface area contributed by atoms with Crippen molar-refractivity contribution in [1.29, 1.82) is 0 Å². The van der Waals surface area contributed by atoms with Gasteiger partial charge in [-0.2, -0.15) is 0 Å². The van der Waals surface area contributed by atoms with E-state index in [0.29, 0.717) is 18.0 Å². The molecule has 3 rings (SSSR count). The van der Waals surface area contributed by atoms with E-state index in [9.17, 15) is 4.79 Å². The van der Waals surface area contributed by atoms with Gasteiger partial charge in [-0.05, 0) is 30.7 Å². The molecule has 2 amide bonds. The van der Waals surface area contributed by atoms with Crippen LogP contribution in [0.15, 0.2) is 42.5 Å². The number of nitrogens with one attached hydrogen (secondary N) is 1. The molecule has 0 spiro atoms. The van der Waals surface area contributed by atoms with Crippen molar-refractivity contribution in [2.45, 2.75) is 12.3 Å². The molecule has 1 N–H and O–H groups in total. The summed E-state index contributed by atoms with van der Waals surface area (Å²) in [5, 5.41) is 2.89. The standard InChI is InChI=1S/C19H22N2O3S/c1-13-6-4-7-14(12-13)20-19(22)21-10-11-25-18(21)15-8-5-9-16(23-2)17(15)24-3/h4-9,12,18H,10-11H2,1-3H3,(H,20,22). The lowest BCUT2D eigenvalue weighted by molar-refractivity contribution is 0.213. The number of methoxy groups -OCH3 is 2. The number of carbonyl (C=O) groups excluding carboxylic acids is 1. The number of amides is 2. The Morgan fingerprint density at radius 3 is 2.72 bits per heavy atom. The molecule has 6 heteroatoms. The predicted molar refractivity (Wildman–Crippen MR) is 102 cm³/mol. The van der Waals surface area contributed by atoms with Crippen molar-refractivity contribution >= 4 is 23.5 Å². The maximum absolute atomic E-state index is 12.8. The molecule has 2 aromatic carbocycles. The number of ether oxygens (including phenoxy) is 2. The van der Waals surface area contributed by atoms with Gasteiger partial charge in [0.25, 0.3) is 0 Å². The van der Waals surface area contributed by atoms with Gasteiger partial charge in [0.15, 0.2) is 11.5 Å². The number of urea groups is 1. The van der Waals surface area contributed by atoms with Crippen LogP contribution in [0.1, 0.15) is 16.5 Å². The number of para-hydroxylation sites is 1. The molecule has 1 fully saturated rings. The summed E-state index contributed by atoms with van der Waals surface area (Å²) in [7, 11) is 3.24. The third kappa shape index (κ3) is 3.69. The van der Waals surface area contributed by atoms with E-state index >= 15 is 0 Å². The molecule has 0 bridgehead atoms. The number of carbonyl (C=O) groups is 1. The third-order valence-electron chi connectivity index (χ3n) is 4.12. The van der Waals surface area contributed by atoms with Gasteiger partial charge in [0.1, 0.15) is 5.37 Å². The zero-order valence-electron chi connectivity index (χ0n) is 14.6. The minimum atomic E-state index is -0.106. The lowest BCUT2D eigenvalue weighted by Gasteiger charge is -2.26. The van der Waals surface area contributed by atoms with E-state index < -0.39 is 0 Å². The van der Waals surface area contributed by atoms with Gasteiger partial charge in [-0.1, -0.05) is 24.3 Å². The molecule has 1 saturated heterocycles. The molecule has 132 valence electrons. The molecule has 1 aliphatic heterocycles. The van der Waals surface area contributed by atoms with Gasteiger partial charge in [0.05, 0.1) is 14.2 Å². The van der Waals surface area contributed by atoms with E-state index in [-0.39, 0.29) is 11.4 Å². The summed E-state index contributed by atoms with van der Waals surface area (Å²) in [6.07, 6.45) is 0. The molecule has 1 unspecified atom stereocenters.